The van der Waals surface area contributed by atoms with E-state index in [0.29, 0.717) is 18.0 Å². The fraction of sp³-hybridized carbons (Fsp3) is 0.227. The Morgan fingerprint density at radius 1 is 1.15 bits per heavy atom. The Kier molecular flexibility index (Phi) is 4.56. The van der Waals surface area contributed by atoms with E-state index in [1.807, 2.05) is 29.2 Å². The van der Waals surface area contributed by atoms with Crippen LogP contribution in [0.4, 0.5) is 0 Å². The van der Waals surface area contributed by atoms with Crippen molar-refractivity contribution in [3.8, 4) is 0 Å². The van der Waals surface area contributed by atoms with Crippen LogP contribution in [0.2, 0.25) is 5.02 Å². The van der Waals surface area contributed by atoms with Gasteiger partial charge in [-0.1, -0.05) is 48.0 Å². The van der Waals surface area contributed by atoms with Crippen LogP contribution in [-0.2, 0) is 11.2 Å². The van der Waals surface area contributed by atoms with Crippen molar-refractivity contribution < 1.29 is 4.79 Å². The zero-order chi connectivity index (χ0) is 18.1. The lowest BCUT2D eigenvalue weighted by Gasteiger charge is -2.27. The van der Waals surface area contributed by atoms with Crippen LogP contribution in [0.25, 0.3) is 16.5 Å². The van der Waals surface area contributed by atoms with Gasteiger partial charge in [-0.2, -0.15) is 0 Å². The average Bonchev–Trinajstić information content (AvgIpc) is 2.99. The molecule has 1 aromatic heterocycles. The molecule has 1 amide bonds. The summed E-state index contributed by atoms with van der Waals surface area (Å²) in [7, 11) is 0. The lowest BCUT2D eigenvalue weighted by Crippen LogP contribution is -2.35. The van der Waals surface area contributed by atoms with E-state index in [9.17, 15) is 4.79 Å². The molecule has 4 rings (SSSR count). The molecule has 3 aromatic rings. The van der Waals surface area contributed by atoms with Crippen molar-refractivity contribution in [1.29, 1.82) is 0 Å². The second-order valence-electron chi connectivity index (χ2n) is 6.79. The standard InChI is InChI=1S/C22H21ClN2O/c1-15-22(19-4-2-3-5-20(19)24-15)17-10-12-25(13-11-17)21(26)14-16-6-8-18(23)9-7-16/h2-10,24H,11-14H2,1H3. The molecule has 0 bridgehead atoms. The molecule has 0 saturated heterocycles. The van der Waals surface area contributed by atoms with Gasteiger partial charge in [0.05, 0.1) is 6.42 Å². The van der Waals surface area contributed by atoms with E-state index in [-0.39, 0.29) is 5.91 Å². The summed E-state index contributed by atoms with van der Waals surface area (Å²) in [4.78, 5) is 18.0. The van der Waals surface area contributed by atoms with E-state index >= 15 is 0 Å². The Hall–Kier alpha value is -2.52. The minimum absolute atomic E-state index is 0.165. The van der Waals surface area contributed by atoms with Gasteiger partial charge < -0.3 is 9.88 Å². The molecular formula is C22H21ClN2O. The zero-order valence-electron chi connectivity index (χ0n) is 14.8. The van der Waals surface area contributed by atoms with E-state index in [0.717, 1.165) is 18.5 Å². The van der Waals surface area contributed by atoms with Gasteiger partial charge in [-0.25, -0.2) is 0 Å². The molecule has 0 aliphatic carbocycles. The summed E-state index contributed by atoms with van der Waals surface area (Å²) in [6.45, 7) is 3.55. The summed E-state index contributed by atoms with van der Waals surface area (Å²) in [6.07, 6.45) is 3.51. The first kappa shape index (κ1) is 16.9. The normalized spacial score (nSPS) is 14.5. The maximum Gasteiger partial charge on any atom is 0.227 e. The van der Waals surface area contributed by atoms with Crippen LogP contribution in [-0.4, -0.2) is 28.9 Å². The molecule has 0 radical (unpaired) electrons. The molecule has 2 aromatic carbocycles. The molecular weight excluding hydrogens is 344 g/mol. The Morgan fingerprint density at radius 3 is 2.65 bits per heavy atom. The first-order valence-corrected chi connectivity index (χ1v) is 9.28. The van der Waals surface area contributed by atoms with Gasteiger partial charge in [-0.05, 0) is 42.7 Å². The Labute approximate surface area is 158 Å². The number of hydrogen-bond acceptors (Lipinski definition) is 1. The number of amides is 1. The maximum atomic E-state index is 12.6. The number of halogens is 1. The highest BCUT2D eigenvalue weighted by atomic mass is 35.5. The highest BCUT2D eigenvalue weighted by Gasteiger charge is 2.20. The number of H-pyrrole nitrogens is 1. The molecule has 2 heterocycles. The highest BCUT2D eigenvalue weighted by Crippen LogP contribution is 2.32. The third kappa shape index (κ3) is 3.27. The van der Waals surface area contributed by atoms with E-state index in [4.69, 9.17) is 11.6 Å². The molecule has 0 unspecified atom stereocenters. The lowest BCUT2D eigenvalue weighted by atomic mass is 9.96. The minimum atomic E-state index is 0.165. The largest absolute Gasteiger partial charge is 0.358 e. The SMILES string of the molecule is Cc1[nH]c2ccccc2c1C1=CCN(C(=O)Cc2ccc(Cl)cc2)CC1. The second kappa shape index (κ2) is 7.00. The van der Waals surface area contributed by atoms with Crippen molar-refractivity contribution in [3.63, 3.8) is 0 Å². The van der Waals surface area contributed by atoms with Crippen LogP contribution in [0.3, 0.4) is 0 Å². The first-order valence-electron chi connectivity index (χ1n) is 8.91. The quantitative estimate of drug-likeness (QED) is 0.698. The van der Waals surface area contributed by atoms with Gasteiger partial charge >= 0.3 is 0 Å². The van der Waals surface area contributed by atoms with Crippen LogP contribution in [0, 0.1) is 6.92 Å². The lowest BCUT2D eigenvalue weighted by molar-refractivity contribution is -0.130. The molecule has 3 nitrogen and oxygen atoms in total. The molecule has 1 aliphatic rings. The van der Waals surface area contributed by atoms with Gasteiger partial charge in [-0.15, -0.1) is 0 Å². The molecule has 132 valence electrons. The summed E-state index contributed by atoms with van der Waals surface area (Å²) >= 11 is 5.91. The summed E-state index contributed by atoms with van der Waals surface area (Å²) in [5.41, 5.74) is 5.99. The topological polar surface area (TPSA) is 36.1 Å². The molecule has 1 N–H and O–H groups in total. The molecule has 4 heteroatoms. The van der Waals surface area contributed by atoms with E-state index in [2.05, 4.69) is 42.2 Å². The summed E-state index contributed by atoms with van der Waals surface area (Å²) in [6, 6.07) is 15.9. The number of nitrogens with one attached hydrogen (secondary N) is 1. The minimum Gasteiger partial charge on any atom is -0.358 e. The molecule has 1 aliphatic heterocycles. The number of rotatable bonds is 3. The van der Waals surface area contributed by atoms with Gasteiger partial charge in [0.15, 0.2) is 0 Å². The predicted molar refractivity (Wildman–Crippen MR) is 107 cm³/mol. The van der Waals surface area contributed by atoms with E-state index < -0.39 is 0 Å². The van der Waals surface area contributed by atoms with Crippen molar-refractivity contribution in [1.82, 2.24) is 9.88 Å². The predicted octanol–water partition coefficient (Wildman–Crippen LogP) is 4.99. The number of aryl methyl sites for hydroxylation is 1. The van der Waals surface area contributed by atoms with Crippen molar-refractivity contribution in [2.75, 3.05) is 13.1 Å². The van der Waals surface area contributed by atoms with Gasteiger partial charge in [0, 0.05) is 40.3 Å². The van der Waals surface area contributed by atoms with Gasteiger partial charge in [-0.3, -0.25) is 4.79 Å². The number of benzene rings is 2. The number of aromatic nitrogens is 1. The molecule has 0 saturated carbocycles. The molecule has 0 atom stereocenters. The van der Waals surface area contributed by atoms with Crippen LogP contribution in [0.15, 0.2) is 54.6 Å². The third-order valence-corrected chi connectivity index (χ3v) is 5.30. The third-order valence-electron chi connectivity index (χ3n) is 5.05. The van der Waals surface area contributed by atoms with E-state index in [1.165, 1.54) is 27.7 Å². The Morgan fingerprint density at radius 2 is 1.92 bits per heavy atom. The number of carbonyl (C=O) groups is 1. The number of hydrogen-bond donors (Lipinski definition) is 1. The number of para-hydroxylation sites is 1. The molecule has 0 spiro atoms. The highest BCUT2D eigenvalue weighted by molar-refractivity contribution is 6.30. The fourth-order valence-electron chi connectivity index (χ4n) is 3.70. The van der Waals surface area contributed by atoms with Crippen LogP contribution in [0.5, 0.6) is 0 Å². The van der Waals surface area contributed by atoms with Gasteiger partial charge in [0.1, 0.15) is 0 Å². The Balaban J connectivity index is 1.50. The maximum absolute atomic E-state index is 12.6. The number of fused-ring (bicyclic) bond motifs is 1. The van der Waals surface area contributed by atoms with Crippen molar-refractivity contribution in [2.24, 2.45) is 0 Å². The summed E-state index contributed by atoms with van der Waals surface area (Å²) in [5.74, 6) is 0.165. The monoisotopic (exact) mass is 364 g/mol. The van der Waals surface area contributed by atoms with Crippen molar-refractivity contribution in [2.45, 2.75) is 19.8 Å². The van der Waals surface area contributed by atoms with E-state index in [1.54, 1.807) is 0 Å². The van der Waals surface area contributed by atoms with Crippen molar-refractivity contribution >= 4 is 34.0 Å². The molecule has 0 fully saturated rings. The van der Waals surface area contributed by atoms with Crippen LogP contribution < -0.4 is 0 Å². The fourth-order valence-corrected chi connectivity index (χ4v) is 3.83. The number of aromatic amines is 1. The van der Waals surface area contributed by atoms with Crippen LogP contribution >= 0.6 is 11.6 Å². The first-order chi connectivity index (χ1) is 12.6. The molecule has 26 heavy (non-hydrogen) atoms. The number of carbonyl (C=O) groups excluding carboxylic acids is 1. The summed E-state index contributed by atoms with van der Waals surface area (Å²) < 4.78 is 0. The Bertz CT molecular complexity index is 985. The smallest absolute Gasteiger partial charge is 0.227 e. The second-order valence-corrected chi connectivity index (χ2v) is 7.23. The van der Waals surface area contributed by atoms with Crippen molar-refractivity contribution in [3.05, 3.63) is 76.5 Å². The van der Waals surface area contributed by atoms with Gasteiger partial charge in [0.2, 0.25) is 5.91 Å². The average molecular weight is 365 g/mol. The van der Waals surface area contributed by atoms with Gasteiger partial charge in [0.25, 0.3) is 0 Å². The van der Waals surface area contributed by atoms with Crippen LogP contribution in [0.1, 0.15) is 23.2 Å². The number of nitrogens with zero attached hydrogens (tertiary/aromatic N) is 1. The summed E-state index contributed by atoms with van der Waals surface area (Å²) in [5, 5.41) is 1.96. The zero-order valence-corrected chi connectivity index (χ0v) is 15.5.